The van der Waals surface area contributed by atoms with Gasteiger partial charge in [0.05, 0.1) is 17.4 Å². The second kappa shape index (κ2) is 10.0. The van der Waals surface area contributed by atoms with E-state index in [1.54, 1.807) is 52.6 Å². The van der Waals surface area contributed by atoms with Gasteiger partial charge in [-0.05, 0) is 29.7 Å². The molecule has 0 unspecified atom stereocenters. The molecule has 0 radical (unpaired) electrons. The van der Waals surface area contributed by atoms with Gasteiger partial charge in [0.15, 0.2) is 0 Å². The van der Waals surface area contributed by atoms with Crippen LogP contribution in [0.1, 0.15) is 21.7 Å². The first-order valence-corrected chi connectivity index (χ1v) is 14.0. The van der Waals surface area contributed by atoms with Crippen molar-refractivity contribution in [2.45, 2.75) is 10.6 Å². The number of fused-ring (bicyclic) bond motifs is 1. The molecule has 1 aliphatic rings. The smallest absolute Gasteiger partial charge is 0.264 e. The average Bonchev–Trinajstić information content (AvgIpc) is 3.49. The molecule has 178 valence electrons. The van der Waals surface area contributed by atoms with E-state index in [9.17, 15) is 13.2 Å². The first kappa shape index (κ1) is 24.6. The molecule has 1 fully saturated rings. The topological polar surface area (TPSA) is 109 Å². The van der Waals surface area contributed by atoms with Crippen molar-refractivity contribution in [3.63, 3.8) is 0 Å². The number of carbonyl (C=O) groups is 1. The number of nitriles is 1. The van der Waals surface area contributed by atoms with Gasteiger partial charge in [-0.1, -0.05) is 17.7 Å². The number of amides is 1. The van der Waals surface area contributed by atoms with Crippen LogP contribution in [0.5, 0.6) is 0 Å². The average molecular weight is 536 g/mol. The molecule has 1 aliphatic heterocycles. The summed E-state index contributed by atoms with van der Waals surface area (Å²) >= 11 is 8.48. The standard InChI is InChI=1S/C22H22ClN5O3S3/c1-26(6-2-5-24)21(25)16-11-19(32-14-16)22(29)27-7-9-28(10-8-27)34(30,31)20-12-15-3-4-17(23)13-18(15)33-20/h3-4,11-14,25H,2,6-10H2,1H3. The predicted molar refractivity (Wildman–Crippen MR) is 136 cm³/mol. The van der Waals surface area contributed by atoms with Crippen molar-refractivity contribution in [2.24, 2.45) is 0 Å². The molecule has 3 heterocycles. The summed E-state index contributed by atoms with van der Waals surface area (Å²) in [6.45, 7) is 1.46. The van der Waals surface area contributed by atoms with Crippen molar-refractivity contribution in [3.8, 4) is 6.07 Å². The zero-order valence-electron chi connectivity index (χ0n) is 18.3. The van der Waals surface area contributed by atoms with Gasteiger partial charge in [0.25, 0.3) is 15.9 Å². The zero-order valence-corrected chi connectivity index (χ0v) is 21.5. The Kier molecular flexibility index (Phi) is 7.25. The highest BCUT2D eigenvalue weighted by Crippen LogP contribution is 2.33. The molecule has 4 rings (SSSR count). The Bertz CT molecular complexity index is 1380. The summed E-state index contributed by atoms with van der Waals surface area (Å²) in [4.78, 5) is 16.8. The van der Waals surface area contributed by atoms with Crippen LogP contribution >= 0.6 is 34.3 Å². The highest BCUT2D eigenvalue weighted by Gasteiger charge is 2.32. The summed E-state index contributed by atoms with van der Waals surface area (Å²) in [5.41, 5.74) is 0.625. The lowest BCUT2D eigenvalue weighted by molar-refractivity contribution is 0.0703. The maximum Gasteiger partial charge on any atom is 0.264 e. The van der Waals surface area contributed by atoms with Crippen molar-refractivity contribution in [1.82, 2.24) is 14.1 Å². The van der Waals surface area contributed by atoms with E-state index in [4.69, 9.17) is 22.3 Å². The second-order valence-electron chi connectivity index (χ2n) is 7.82. The molecule has 0 aliphatic carbocycles. The van der Waals surface area contributed by atoms with Crippen LogP contribution in [0.15, 0.2) is 39.9 Å². The van der Waals surface area contributed by atoms with E-state index in [0.717, 1.165) is 10.1 Å². The maximum absolute atomic E-state index is 13.2. The number of hydrogen-bond donors (Lipinski definition) is 1. The van der Waals surface area contributed by atoms with E-state index < -0.39 is 10.0 Å². The normalized spacial score (nSPS) is 14.8. The van der Waals surface area contributed by atoms with Crippen LogP contribution < -0.4 is 0 Å². The molecular formula is C22H22ClN5O3S3. The van der Waals surface area contributed by atoms with Crippen LogP contribution in [0.4, 0.5) is 0 Å². The minimum Gasteiger partial charge on any atom is -0.359 e. The van der Waals surface area contributed by atoms with E-state index in [0.29, 0.717) is 41.5 Å². The van der Waals surface area contributed by atoms with Crippen molar-refractivity contribution in [3.05, 3.63) is 51.2 Å². The second-order valence-corrected chi connectivity index (χ2v) is 12.4. The summed E-state index contributed by atoms with van der Waals surface area (Å²) in [6.07, 6.45) is 0.317. The largest absolute Gasteiger partial charge is 0.359 e. The first-order valence-electron chi connectivity index (χ1n) is 10.4. The van der Waals surface area contributed by atoms with E-state index in [-0.39, 0.29) is 29.0 Å². The Balaban J connectivity index is 1.40. The number of sulfonamides is 1. The Morgan fingerprint density at radius 3 is 2.68 bits per heavy atom. The van der Waals surface area contributed by atoms with Gasteiger partial charge >= 0.3 is 0 Å². The quantitative estimate of drug-likeness (QED) is 0.380. The van der Waals surface area contributed by atoms with E-state index >= 15 is 0 Å². The molecule has 3 aromatic rings. The van der Waals surface area contributed by atoms with Gasteiger partial charge in [-0.15, -0.1) is 22.7 Å². The van der Waals surface area contributed by atoms with Gasteiger partial charge in [0.2, 0.25) is 0 Å². The Labute approximate surface area is 211 Å². The van der Waals surface area contributed by atoms with Crippen molar-refractivity contribution in [1.29, 1.82) is 10.7 Å². The highest BCUT2D eigenvalue weighted by molar-refractivity contribution is 7.91. The van der Waals surface area contributed by atoms with Crippen molar-refractivity contribution < 1.29 is 13.2 Å². The third-order valence-corrected chi connectivity index (χ3v) is 10.2. The lowest BCUT2D eigenvalue weighted by atomic mass is 10.2. The lowest BCUT2D eigenvalue weighted by Gasteiger charge is -2.33. The van der Waals surface area contributed by atoms with E-state index in [1.165, 1.54) is 27.0 Å². The van der Waals surface area contributed by atoms with Gasteiger partial charge in [-0.25, -0.2) is 8.42 Å². The first-order chi connectivity index (χ1) is 16.2. The molecule has 8 nitrogen and oxygen atoms in total. The molecule has 12 heteroatoms. The summed E-state index contributed by atoms with van der Waals surface area (Å²) in [5.74, 6) is 0.0864. The molecule has 0 bridgehead atoms. The van der Waals surface area contributed by atoms with Crippen LogP contribution in [0.2, 0.25) is 5.02 Å². The van der Waals surface area contributed by atoms with Gasteiger partial charge < -0.3 is 9.80 Å². The number of halogens is 1. The summed E-state index contributed by atoms with van der Waals surface area (Å²) in [5, 5.41) is 20.1. The van der Waals surface area contributed by atoms with E-state index in [2.05, 4.69) is 6.07 Å². The molecule has 1 N–H and O–H groups in total. The van der Waals surface area contributed by atoms with Crippen LogP contribution in [-0.4, -0.2) is 74.0 Å². The molecule has 1 aromatic carbocycles. The van der Waals surface area contributed by atoms with Crippen molar-refractivity contribution >= 4 is 66.1 Å². The number of hydrogen-bond acceptors (Lipinski definition) is 7. The van der Waals surface area contributed by atoms with Crippen LogP contribution in [0.3, 0.4) is 0 Å². The number of benzene rings is 1. The SMILES string of the molecule is CN(CCC#N)C(=N)c1csc(C(=O)N2CCN(S(=O)(=O)c3cc4ccc(Cl)cc4s3)CC2)c1. The number of thiophene rings is 2. The number of piperazine rings is 1. The van der Waals surface area contributed by atoms with Gasteiger partial charge in [-0.2, -0.15) is 9.57 Å². The number of nitrogens with one attached hydrogen (secondary N) is 1. The number of rotatable bonds is 6. The van der Waals surface area contributed by atoms with Gasteiger partial charge in [0.1, 0.15) is 10.0 Å². The Morgan fingerprint density at radius 1 is 1.24 bits per heavy atom. The van der Waals surface area contributed by atoms with Crippen LogP contribution in [0, 0.1) is 16.7 Å². The van der Waals surface area contributed by atoms with E-state index in [1.807, 2.05) is 0 Å². The predicted octanol–water partition coefficient (Wildman–Crippen LogP) is 3.93. The third-order valence-electron chi connectivity index (χ3n) is 5.60. The fraction of sp³-hybridized carbons (Fsp3) is 0.318. The molecule has 1 amide bonds. The van der Waals surface area contributed by atoms with Crippen molar-refractivity contribution in [2.75, 3.05) is 39.8 Å². The maximum atomic E-state index is 13.2. The molecule has 0 spiro atoms. The monoisotopic (exact) mass is 535 g/mol. The minimum absolute atomic E-state index is 0.169. The minimum atomic E-state index is -3.66. The summed E-state index contributed by atoms with van der Waals surface area (Å²) in [6, 6.07) is 10.7. The van der Waals surface area contributed by atoms with Crippen LogP contribution in [-0.2, 0) is 10.0 Å². The summed E-state index contributed by atoms with van der Waals surface area (Å²) in [7, 11) is -1.92. The zero-order chi connectivity index (χ0) is 24.5. The molecule has 2 aromatic heterocycles. The Hall–Kier alpha value is -2.49. The highest BCUT2D eigenvalue weighted by atomic mass is 35.5. The molecule has 0 saturated carbocycles. The number of carbonyl (C=O) groups excluding carboxylic acids is 1. The molecule has 1 saturated heterocycles. The fourth-order valence-electron chi connectivity index (χ4n) is 3.64. The molecule has 34 heavy (non-hydrogen) atoms. The lowest BCUT2D eigenvalue weighted by Crippen LogP contribution is -2.50. The van der Waals surface area contributed by atoms with Gasteiger partial charge in [-0.3, -0.25) is 10.2 Å². The third kappa shape index (κ3) is 4.96. The Morgan fingerprint density at radius 2 is 1.97 bits per heavy atom. The van der Waals surface area contributed by atoms with Gasteiger partial charge in [0, 0.05) is 60.4 Å². The summed E-state index contributed by atoms with van der Waals surface area (Å²) < 4.78 is 28.8. The number of nitrogens with zero attached hydrogens (tertiary/aromatic N) is 4. The molecular weight excluding hydrogens is 514 g/mol. The number of amidine groups is 1. The fourth-order valence-corrected chi connectivity index (χ4v) is 7.75. The van der Waals surface area contributed by atoms with Crippen LogP contribution in [0.25, 0.3) is 10.1 Å². The molecule has 0 atom stereocenters.